The van der Waals surface area contributed by atoms with Gasteiger partial charge in [0.15, 0.2) is 5.13 Å². The van der Waals surface area contributed by atoms with Crippen LogP contribution in [0, 0.1) is 19.3 Å². The van der Waals surface area contributed by atoms with Gasteiger partial charge in [0.25, 0.3) is 6.43 Å². The van der Waals surface area contributed by atoms with E-state index in [1.165, 1.54) is 11.3 Å². The highest BCUT2D eigenvalue weighted by molar-refractivity contribution is 7.19. The number of anilines is 1. The summed E-state index contributed by atoms with van der Waals surface area (Å²) in [5.41, 5.74) is 1.91. The Kier molecular flexibility index (Phi) is 5.26. The molecule has 0 unspecified atom stereocenters. The zero-order chi connectivity index (χ0) is 20.6. The van der Waals surface area contributed by atoms with Crippen LogP contribution >= 0.6 is 11.3 Å². The fourth-order valence-electron chi connectivity index (χ4n) is 3.44. The monoisotopic (exact) mass is 418 g/mol. The van der Waals surface area contributed by atoms with Crippen molar-refractivity contribution in [2.45, 2.75) is 33.1 Å². The van der Waals surface area contributed by atoms with E-state index >= 15 is 0 Å². The summed E-state index contributed by atoms with van der Waals surface area (Å²) in [7, 11) is 0. The zero-order valence-electron chi connectivity index (χ0n) is 16.0. The van der Waals surface area contributed by atoms with E-state index in [0.29, 0.717) is 5.13 Å². The normalized spacial score (nSPS) is 16.3. The van der Waals surface area contributed by atoms with Crippen LogP contribution in [0.1, 0.15) is 24.1 Å². The van der Waals surface area contributed by atoms with Crippen LogP contribution in [0.2, 0.25) is 0 Å². The molecule has 0 spiro atoms. The summed E-state index contributed by atoms with van der Waals surface area (Å²) >= 11 is 1.25. The number of aromatic nitrogens is 3. The highest BCUT2D eigenvalue weighted by Gasteiger charge is 2.48. The molecule has 0 bridgehead atoms. The Hall–Kier alpha value is -2.52. The van der Waals surface area contributed by atoms with Crippen LogP contribution in [0.15, 0.2) is 24.4 Å². The number of rotatable bonds is 4. The SMILES string of the molecule is Cc1nnc2ccc(-c3cnc(NC(=O)C4(C(F)F)CCOCC4)s3)cc2c1C. The Morgan fingerprint density at radius 2 is 2.00 bits per heavy atom. The molecule has 0 radical (unpaired) electrons. The predicted octanol–water partition coefficient (Wildman–Crippen LogP) is 4.37. The number of carbonyl (C=O) groups is 1. The van der Waals surface area contributed by atoms with Crippen molar-refractivity contribution in [3.63, 3.8) is 0 Å². The topological polar surface area (TPSA) is 77.0 Å². The molecule has 1 saturated heterocycles. The van der Waals surface area contributed by atoms with Gasteiger partial charge in [0, 0.05) is 24.8 Å². The van der Waals surface area contributed by atoms with Crippen molar-refractivity contribution in [1.29, 1.82) is 0 Å². The first-order valence-corrected chi connectivity index (χ1v) is 10.1. The van der Waals surface area contributed by atoms with Crippen molar-refractivity contribution in [3.05, 3.63) is 35.7 Å². The van der Waals surface area contributed by atoms with E-state index in [4.69, 9.17) is 4.74 Å². The van der Waals surface area contributed by atoms with Crippen LogP contribution in [-0.2, 0) is 9.53 Å². The fourth-order valence-corrected chi connectivity index (χ4v) is 4.25. The average molecular weight is 418 g/mol. The van der Waals surface area contributed by atoms with Crippen LogP contribution in [-0.4, -0.2) is 40.7 Å². The minimum Gasteiger partial charge on any atom is -0.381 e. The van der Waals surface area contributed by atoms with Gasteiger partial charge >= 0.3 is 0 Å². The second-order valence-electron chi connectivity index (χ2n) is 7.20. The van der Waals surface area contributed by atoms with E-state index in [9.17, 15) is 13.6 Å². The Bertz CT molecular complexity index is 1060. The number of fused-ring (bicyclic) bond motifs is 1. The summed E-state index contributed by atoms with van der Waals surface area (Å²) in [4.78, 5) is 17.7. The molecular formula is C20H20F2N4O2S. The number of benzene rings is 1. The van der Waals surface area contributed by atoms with Gasteiger partial charge in [0.2, 0.25) is 5.91 Å². The quantitative estimate of drug-likeness (QED) is 0.681. The molecule has 1 aliphatic rings. The summed E-state index contributed by atoms with van der Waals surface area (Å²) in [5.74, 6) is -0.697. The number of alkyl halides is 2. The van der Waals surface area contributed by atoms with E-state index in [0.717, 1.165) is 32.6 Å². The number of nitrogens with zero attached hydrogens (tertiary/aromatic N) is 3. The van der Waals surface area contributed by atoms with Gasteiger partial charge in [-0.3, -0.25) is 4.79 Å². The molecular weight excluding hydrogens is 398 g/mol. The van der Waals surface area contributed by atoms with Crippen molar-refractivity contribution in [2.75, 3.05) is 18.5 Å². The highest BCUT2D eigenvalue weighted by Crippen LogP contribution is 2.39. The third-order valence-corrected chi connectivity index (χ3v) is 6.48. The second kappa shape index (κ2) is 7.72. The lowest BCUT2D eigenvalue weighted by molar-refractivity contribution is -0.145. The third-order valence-electron chi connectivity index (χ3n) is 5.52. The summed E-state index contributed by atoms with van der Waals surface area (Å²) in [6.45, 7) is 4.20. The number of aryl methyl sites for hydroxylation is 2. The average Bonchev–Trinajstić information content (AvgIpc) is 3.19. The molecule has 1 aliphatic heterocycles. The number of amides is 1. The van der Waals surface area contributed by atoms with Crippen LogP contribution in [0.4, 0.5) is 13.9 Å². The third kappa shape index (κ3) is 3.60. The molecule has 2 aromatic heterocycles. The van der Waals surface area contributed by atoms with Gasteiger partial charge in [-0.2, -0.15) is 10.2 Å². The Morgan fingerprint density at radius 3 is 2.72 bits per heavy atom. The van der Waals surface area contributed by atoms with E-state index in [1.807, 2.05) is 32.0 Å². The van der Waals surface area contributed by atoms with Crippen molar-refractivity contribution < 1.29 is 18.3 Å². The molecule has 4 rings (SSSR count). The summed E-state index contributed by atoms with van der Waals surface area (Å²) in [6.07, 6.45) is -1.12. The predicted molar refractivity (Wildman–Crippen MR) is 107 cm³/mol. The first-order valence-electron chi connectivity index (χ1n) is 9.28. The minimum absolute atomic E-state index is 0.000922. The van der Waals surface area contributed by atoms with Gasteiger partial charge in [-0.1, -0.05) is 17.4 Å². The van der Waals surface area contributed by atoms with Crippen LogP contribution < -0.4 is 5.32 Å². The lowest BCUT2D eigenvalue weighted by Crippen LogP contribution is -2.46. The number of thiazole rings is 1. The number of ether oxygens (including phenoxy) is 1. The van der Waals surface area contributed by atoms with Crippen LogP contribution in [0.5, 0.6) is 0 Å². The number of hydrogen-bond acceptors (Lipinski definition) is 6. The van der Waals surface area contributed by atoms with Crippen LogP contribution in [0.25, 0.3) is 21.3 Å². The van der Waals surface area contributed by atoms with Crippen molar-refractivity contribution >= 4 is 33.3 Å². The van der Waals surface area contributed by atoms with E-state index in [2.05, 4.69) is 20.5 Å². The fraction of sp³-hybridized carbons (Fsp3) is 0.400. The first-order chi connectivity index (χ1) is 13.9. The molecule has 152 valence electrons. The maximum atomic E-state index is 13.7. The first kappa shape index (κ1) is 19.8. The lowest BCUT2D eigenvalue weighted by atomic mass is 9.79. The van der Waals surface area contributed by atoms with Gasteiger partial charge in [0.05, 0.1) is 16.1 Å². The molecule has 29 heavy (non-hydrogen) atoms. The molecule has 1 N–H and O–H groups in total. The molecule has 1 fully saturated rings. The smallest absolute Gasteiger partial charge is 0.253 e. The Labute approximate surface area is 170 Å². The summed E-state index contributed by atoms with van der Waals surface area (Å²) in [5, 5.41) is 12.2. The van der Waals surface area contributed by atoms with Crippen molar-refractivity contribution in [3.8, 4) is 10.4 Å². The number of hydrogen-bond donors (Lipinski definition) is 1. The maximum Gasteiger partial charge on any atom is 0.253 e. The summed E-state index contributed by atoms with van der Waals surface area (Å²) < 4.78 is 32.5. The van der Waals surface area contributed by atoms with Crippen molar-refractivity contribution in [1.82, 2.24) is 15.2 Å². The number of halogens is 2. The van der Waals surface area contributed by atoms with Gasteiger partial charge in [-0.15, -0.1) is 0 Å². The molecule has 0 saturated carbocycles. The van der Waals surface area contributed by atoms with E-state index in [1.54, 1.807) is 6.20 Å². The molecule has 3 heterocycles. The Balaban J connectivity index is 1.59. The largest absolute Gasteiger partial charge is 0.381 e. The molecule has 0 aliphatic carbocycles. The van der Waals surface area contributed by atoms with Crippen LogP contribution in [0.3, 0.4) is 0 Å². The van der Waals surface area contributed by atoms with E-state index in [-0.39, 0.29) is 26.1 Å². The summed E-state index contributed by atoms with van der Waals surface area (Å²) in [6, 6.07) is 5.80. The Morgan fingerprint density at radius 1 is 1.24 bits per heavy atom. The molecule has 6 nitrogen and oxygen atoms in total. The van der Waals surface area contributed by atoms with Crippen molar-refractivity contribution in [2.24, 2.45) is 5.41 Å². The number of nitrogens with one attached hydrogen (secondary N) is 1. The molecule has 1 amide bonds. The van der Waals surface area contributed by atoms with Gasteiger partial charge in [0.1, 0.15) is 5.41 Å². The maximum absolute atomic E-state index is 13.7. The van der Waals surface area contributed by atoms with E-state index < -0.39 is 17.7 Å². The molecule has 3 aromatic rings. The van der Waals surface area contributed by atoms with Gasteiger partial charge < -0.3 is 10.1 Å². The van der Waals surface area contributed by atoms with Gasteiger partial charge in [-0.05, 0) is 49.9 Å². The number of carbonyl (C=O) groups excluding carboxylic acids is 1. The molecule has 0 atom stereocenters. The standard InChI is InChI=1S/C20H20F2N4O2S/c1-11-12(2)25-26-15-4-3-13(9-14(11)15)16-10-23-19(29-16)24-18(27)20(17(21)22)5-7-28-8-6-20/h3-4,9-10,17H,5-8H2,1-2H3,(H,23,24,27). The second-order valence-corrected chi connectivity index (χ2v) is 8.23. The molecule has 1 aromatic carbocycles. The zero-order valence-corrected chi connectivity index (χ0v) is 16.9. The minimum atomic E-state index is -2.75. The highest BCUT2D eigenvalue weighted by atomic mass is 32.1. The molecule has 9 heteroatoms. The van der Waals surface area contributed by atoms with Gasteiger partial charge in [-0.25, -0.2) is 13.8 Å². The lowest BCUT2D eigenvalue weighted by Gasteiger charge is -2.34.